The molecule has 0 saturated carbocycles. The molecule has 170 valence electrons. The maximum Gasteiger partial charge on any atom is 0.332 e. The third-order valence-corrected chi connectivity index (χ3v) is 6.66. The lowest BCUT2D eigenvalue weighted by Gasteiger charge is -2.29. The molecule has 0 unspecified atom stereocenters. The van der Waals surface area contributed by atoms with Gasteiger partial charge in [0.15, 0.2) is 0 Å². The van der Waals surface area contributed by atoms with E-state index in [4.69, 9.17) is 9.47 Å². The highest BCUT2D eigenvalue weighted by Gasteiger charge is 2.32. The summed E-state index contributed by atoms with van der Waals surface area (Å²) in [7, 11) is 1.55. The fourth-order valence-electron chi connectivity index (χ4n) is 3.86. The van der Waals surface area contributed by atoms with Crippen LogP contribution in [0, 0.1) is 0 Å². The lowest BCUT2D eigenvalue weighted by atomic mass is 9.94. The molecule has 0 fully saturated rings. The number of aliphatic hydroxyl groups excluding tert-OH is 1. The Balaban J connectivity index is 1.77. The van der Waals surface area contributed by atoms with Crippen molar-refractivity contribution < 1.29 is 19.4 Å². The highest BCUT2D eigenvalue weighted by atomic mass is 32.1. The van der Waals surface area contributed by atoms with Crippen LogP contribution in [0.1, 0.15) is 24.3 Å². The highest BCUT2D eigenvalue weighted by Crippen LogP contribution is 2.37. The van der Waals surface area contributed by atoms with Crippen molar-refractivity contribution >= 4 is 33.1 Å². The first kappa shape index (κ1) is 22.3. The van der Waals surface area contributed by atoms with Gasteiger partial charge in [-0.15, -0.1) is 11.3 Å². The summed E-state index contributed by atoms with van der Waals surface area (Å²) in [6.07, 6.45) is 0.521. The number of ether oxygens (including phenoxy) is 2. The smallest absolute Gasteiger partial charge is 0.332 e. The molecule has 3 aromatic rings. The lowest BCUT2D eigenvalue weighted by Crippen LogP contribution is -2.42. The second kappa shape index (κ2) is 8.53. The van der Waals surface area contributed by atoms with E-state index in [1.54, 1.807) is 31.4 Å². The Morgan fingerprint density at radius 3 is 2.62 bits per heavy atom. The summed E-state index contributed by atoms with van der Waals surface area (Å²) in [5.41, 5.74) is -0.102. The van der Waals surface area contributed by atoms with Crippen molar-refractivity contribution in [2.75, 3.05) is 19.0 Å². The van der Waals surface area contributed by atoms with Gasteiger partial charge in [0.1, 0.15) is 17.1 Å². The Morgan fingerprint density at radius 1 is 1.25 bits per heavy atom. The molecule has 0 saturated heterocycles. The van der Waals surface area contributed by atoms with Crippen LogP contribution in [-0.4, -0.2) is 39.5 Å². The maximum atomic E-state index is 13.2. The van der Waals surface area contributed by atoms with Gasteiger partial charge < -0.3 is 19.9 Å². The predicted octanol–water partition coefficient (Wildman–Crippen LogP) is 1.72. The van der Waals surface area contributed by atoms with E-state index < -0.39 is 22.8 Å². The normalized spacial score (nSPS) is 14.9. The Morgan fingerprint density at radius 2 is 1.97 bits per heavy atom. The minimum atomic E-state index is -0.625. The molecular weight excluding hydrogens is 434 g/mol. The van der Waals surface area contributed by atoms with Crippen molar-refractivity contribution in [2.24, 2.45) is 0 Å². The van der Waals surface area contributed by atoms with Crippen LogP contribution in [0.5, 0.6) is 5.75 Å². The molecule has 10 heteroatoms. The van der Waals surface area contributed by atoms with Crippen molar-refractivity contribution in [1.29, 1.82) is 0 Å². The molecule has 0 radical (unpaired) electrons. The third-order valence-electron chi connectivity index (χ3n) is 5.43. The van der Waals surface area contributed by atoms with Gasteiger partial charge in [0, 0.05) is 17.0 Å². The number of aromatic nitrogens is 2. The van der Waals surface area contributed by atoms with Gasteiger partial charge in [0.2, 0.25) is 5.91 Å². The lowest BCUT2D eigenvalue weighted by molar-refractivity contribution is -0.116. The molecule has 1 aliphatic heterocycles. The van der Waals surface area contributed by atoms with Gasteiger partial charge in [-0.05, 0) is 43.7 Å². The van der Waals surface area contributed by atoms with Crippen LogP contribution in [0.2, 0.25) is 0 Å². The number of thiophene rings is 1. The van der Waals surface area contributed by atoms with Gasteiger partial charge >= 0.3 is 5.69 Å². The zero-order valence-electron chi connectivity index (χ0n) is 18.1. The summed E-state index contributed by atoms with van der Waals surface area (Å²) in [6, 6.07) is 6.84. The molecule has 0 bridgehead atoms. The fraction of sp³-hybridized carbons (Fsp3) is 0.409. The van der Waals surface area contributed by atoms with Crippen molar-refractivity contribution in [3.8, 4) is 5.75 Å². The van der Waals surface area contributed by atoms with Gasteiger partial charge in [-0.25, -0.2) is 4.79 Å². The summed E-state index contributed by atoms with van der Waals surface area (Å²) >= 11 is 1.30. The van der Waals surface area contributed by atoms with E-state index in [2.05, 4.69) is 5.32 Å². The number of fused-ring (bicyclic) bond motifs is 3. The van der Waals surface area contributed by atoms with Gasteiger partial charge in [-0.1, -0.05) is 0 Å². The second-order valence-electron chi connectivity index (χ2n) is 8.23. The molecule has 9 nitrogen and oxygen atoms in total. The molecule has 2 N–H and O–H groups in total. The Labute approximate surface area is 187 Å². The zero-order valence-corrected chi connectivity index (χ0v) is 19.0. The SMILES string of the molecule is COc1ccc(NC(=O)Cn2c(=O)n(CCO)c(=O)c3c4c(sc32)COC(C)(C)C4)cc1. The van der Waals surface area contributed by atoms with E-state index in [9.17, 15) is 19.5 Å². The molecule has 1 aromatic carbocycles. The number of methoxy groups -OCH3 is 1. The molecule has 0 spiro atoms. The number of hydrogen-bond acceptors (Lipinski definition) is 7. The summed E-state index contributed by atoms with van der Waals surface area (Å²) in [4.78, 5) is 40.4. The average Bonchev–Trinajstić information content (AvgIpc) is 3.12. The zero-order chi connectivity index (χ0) is 23.0. The largest absolute Gasteiger partial charge is 0.497 e. The quantitative estimate of drug-likeness (QED) is 0.581. The number of benzene rings is 1. The Kier molecular flexibility index (Phi) is 5.93. The first-order chi connectivity index (χ1) is 15.2. The van der Waals surface area contributed by atoms with E-state index in [0.717, 1.165) is 15.0 Å². The molecule has 32 heavy (non-hydrogen) atoms. The number of nitrogens with zero attached hydrogens (tertiary/aromatic N) is 2. The average molecular weight is 460 g/mol. The monoisotopic (exact) mass is 459 g/mol. The number of rotatable bonds is 6. The van der Waals surface area contributed by atoms with Crippen molar-refractivity contribution in [3.63, 3.8) is 0 Å². The maximum absolute atomic E-state index is 13.2. The number of anilines is 1. The van der Waals surface area contributed by atoms with Crippen LogP contribution in [0.3, 0.4) is 0 Å². The molecule has 0 atom stereocenters. The number of amides is 1. The van der Waals surface area contributed by atoms with Crippen LogP contribution < -0.4 is 21.3 Å². The predicted molar refractivity (Wildman–Crippen MR) is 122 cm³/mol. The highest BCUT2D eigenvalue weighted by molar-refractivity contribution is 7.18. The Hall–Kier alpha value is -2.95. The van der Waals surface area contributed by atoms with Gasteiger partial charge in [0.25, 0.3) is 5.56 Å². The molecular formula is C22H25N3O6S. The molecule has 1 amide bonds. The number of carbonyl (C=O) groups is 1. The van der Waals surface area contributed by atoms with Gasteiger partial charge in [-0.2, -0.15) is 0 Å². The van der Waals surface area contributed by atoms with Crippen molar-refractivity contribution in [1.82, 2.24) is 9.13 Å². The molecule has 1 aliphatic rings. The molecule has 0 aliphatic carbocycles. The first-order valence-corrected chi connectivity index (χ1v) is 11.0. The first-order valence-electron chi connectivity index (χ1n) is 10.2. The molecule has 4 rings (SSSR count). The van der Waals surface area contributed by atoms with E-state index in [1.165, 1.54) is 15.9 Å². The van der Waals surface area contributed by atoms with Crippen molar-refractivity contribution in [2.45, 2.75) is 45.6 Å². The standard InChI is InChI=1S/C22H25N3O6S/c1-22(2)10-15-16(12-31-22)32-20-18(15)19(28)24(8-9-26)21(29)25(20)11-17(27)23-13-4-6-14(30-3)7-5-13/h4-7,26H,8-12H2,1-3H3,(H,23,27). The van der Waals surface area contributed by atoms with E-state index in [0.29, 0.717) is 34.7 Å². The van der Waals surface area contributed by atoms with Crippen LogP contribution in [0.25, 0.3) is 10.2 Å². The molecule has 3 heterocycles. The number of nitrogens with one attached hydrogen (secondary N) is 1. The number of hydrogen-bond donors (Lipinski definition) is 2. The number of aliphatic hydroxyl groups is 1. The minimum Gasteiger partial charge on any atom is -0.497 e. The Bertz CT molecular complexity index is 1290. The van der Waals surface area contributed by atoms with Crippen LogP contribution in [0.15, 0.2) is 33.9 Å². The van der Waals surface area contributed by atoms with E-state index >= 15 is 0 Å². The van der Waals surface area contributed by atoms with Crippen LogP contribution >= 0.6 is 11.3 Å². The van der Waals surface area contributed by atoms with Crippen LogP contribution in [-0.2, 0) is 35.6 Å². The summed E-state index contributed by atoms with van der Waals surface area (Å²) in [5.74, 6) is 0.252. The van der Waals surface area contributed by atoms with Crippen molar-refractivity contribution in [3.05, 3.63) is 55.5 Å². The second-order valence-corrected chi connectivity index (χ2v) is 9.32. The summed E-state index contributed by atoms with van der Waals surface area (Å²) in [6.45, 7) is 3.47. The minimum absolute atomic E-state index is 0.141. The van der Waals surface area contributed by atoms with E-state index in [-0.39, 0.29) is 19.7 Å². The summed E-state index contributed by atoms with van der Waals surface area (Å²) in [5, 5.41) is 12.6. The van der Waals surface area contributed by atoms with E-state index in [1.807, 2.05) is 13.8 Å². The number of carbonyl (C=O) groups excluding carboxylic acids is 1. The van der Waals surface area contributed by atoms with Crippen LogP contribution in [0.4, 0.5) is 5.69 Å². The topological polar surface area (TPSA) is 112 Å². The van der Waals surface area contributed by atoms with Gasteiger partial charge in [-0.3, -0.25) is 18.7 Å². The summed E-state index contributed by atoms with van der Waals surface area (Å²) < 4.78 is 13.3. The van der Waals surface area contributed by atoms with Gasteiger partial charge in [0.05, 0.1) is 37.9 Å². The molecule has 2 aromatic heterocycles. The third kappa shape index (κ3) is 4.08. The fourth-order valence-corrected chi connectivity index (χ4v) is 5.07.